The van der Waals surface area contributed by atoms with Gasteiger partial charge in [0.25, 0.3) is 0 Å². The molecular weight excluding hydrogens is 240 g/mol. The van der Waals surface area contributed by atoms with Crippen LogP contribution in [0.15, 0.2) is 34.1 Å². The van der Waals surface area contributed by atoms with Gasteiger partial charge in [-0.05, 0) is 24.1 Å². The van der Waals surface area contributed by atoms with Gasteiger partial charge in [-0.2, -0.15) is 0 Å². The number of rotatable bonds is 5. The van der Waals surface area contributed by atoms with Gasteiger partial charge in [0.2, 0.25) is 0 Å². The van der Waals surface area contributed by atoms with E-state index in [1.807, 2.05) is 12.1 Å². The highest BCUT2D eigenvalue weighted by atomic mass is 32.2. The number of hydrogen-bond donors (Lipinski definition) is 0. The zero-order valence-electron chi connectivity index (χ0n) is 8.92. The predicted molar refractivity (Wildman–Crippen MR) is 67.3 cm³/mol. The third-order valence-corrected chi connectivity index (χ3v) is 3.98. The summed E-state index contributed by atoms with van der Waals surface area (Å²) >= 11 is 3.33. The number of thioether (sulfide) groups is 1. The van der Waals surface area contributed by atoms with Crippen molar-refractivity contribution in [3.63, 3.8) is 0 Å². The topological polar surface area (TPSA) is 35.0 Å². The molecule has 1 aromatic heterocycles. The van der Waals surface area contributed by atoms with E-state index in [2.05, 4.69) is 22.3 Å². The molecule has 1 aromatic carbocycles. The second-order valence-electron chi connectivity index (χ2n) is 3.15. The molecule has 0 spiro atoms. The van der Waals surface area contributed by atoms with E-state index < -0.39 is 0 Å². The van der Waals surface area contributed by atoms with Crippen molar-refractivity contribution in [2.45, 2.75) is 10.8 Å². The van der Waals surface area contributed by atoms with E-state index in [-0.39, 0.29) is 0 Å². The number of hydrogen-bond acceptors (Lipinski definition) is 5. The molecule has 0 unspecified atom stereocenters. The van der Waals surface area contributed by atoms with Crippen LogP contribution in [0.3, 0.4) is 0 Å². The van der Waals surface area contributed by atoms with Gasteiger partial charge in [0.15, 0.2) is 4.34 Å². The summed E-state index contributed by atoms with van der Waals surface area (Å²) in [7, 11) is 1.68. The SMILES string of the molecule is COc1ccc(CCSc2nncs2)cc1. The minimum atomic E-state index is 0.903. The molecule has 0 N–H and O–H groups in total. The molecule has 16 heavy (non-hydrogen) atoms. The van der Waals surface area contributed by atoms with Crippen LogP contribution in [0.2, 0.25) is 0 Å². The van der Waals surface area contributed by atoms with Crippen LogP contribution in [0.25, 0.3) is 0 Å². The van der Waals surface area contributed by atoms with Crippen molar-refractivity contribution in [2.75, 3.05) is 12.9 Å². The summed E-state index contributed by atoms with van der Waals surface area (Å²) in [5.41, 5.74) is 3.08. The molecule has 84 valence electrons. The molecule has 0 aliphatic heterocycles. The van der Waals surface area contributed by atoms with Crippen molar-refractivity contribution >= 4 is 23.1 Å². The number of benzene rings is 1. The molecule has 0 saturated carbocycles. The van der Waals surface area contributed by atoms with Gasteiger partial charge in [-0.1, -0.05) is 35.2 Å². The van der Waals surface area contributed by atoms with E-state index in [1.165, 1.54) is 5.56 Å². The number of nitrogens with zero attached hydrogens (tertiary/aromatic N) is 2. The highest BCUT2D eigenvalue weighted by Gasteiger charge is 1.99. The maximum absolute atomic E-state index is 5.11. The molecule has 1 heterocycles. The average molecular weight is 252 g/mol. The van der Waals surface area contributed by atoms with Gasteiger partial charge in [0, 0.05) is 5.75 Å². The maximum atomic E-state index is 5.11. The third-order valence-electron chi connectivity index (χ3n) is 2.12. The molecule has 0 atom stereocenters. The molecule has 2 rings (SSSR count). The molecule has 0 fully saturated rings. The summed E-state index contributed by atoms with van der Waals surface area (Å²) in [4.78, 5) is 0. The Kier molecular flexibility index (Phi) is 4.18. The molecule has 2 aromatic rings. The van der Waals surface area contributed by atoms with E-state index in [9.17, 15) is 0 Å². The Hall–Kier alpha value is -1.07. The van der Waals surface area contributed by atoms with Gasteiger partial charge in [-0.25, -0.2) is 0 Å². The fraction of sp³-hybridized carbons (Fsp3) is 0.273. The van der Waals surface area contributed by atoms with Crippen molar-refractivity contribution in [3.05, 3.63) is 35.3 Å². The van der Waals surface area contributed by atoms with Crippen LogP contribution in [0.5, 0.6) is 5.75 Å². The van der Waals surface area contributed by atoms with Crippen molar-refractivity contribution in [1.29, 1.82) is 0 Å². The van der Waals surface area contributed by atoms with Crippen LogP contribution >= 0.6 is 23.1 Å². The zero-order valence-corrected chi connectivity index (χ0v) is 10.6. The summed E-state index contributed by atoms with van der Waals surface area (Å²) < 4.78 is 6.15. The fourth-order valence-electron chi connectivity index (χ4n) is 1.27. The Morgan fingerprint density at radius 2 is 2.12 bits per heavy atom. The summed E-state index contributed by atoms with van der Waals surface area (Å²) in [5, 5.41) is 7.79. The number of methoxy groups -OCH3 is 1. The normalized spacial score (nSPS) is 10.3. The molecule has 3 nitrogen and oxygen atoms in total. The summed E-state index contributed by atoms with van der Waals surface area (Å²) in [6.07, 6.45) is 1.04. The van der Waals surface area contributed by atoms with Crippen molar-refractivity contribution in [3.8, 4) is 5.75 Å². The van der Waals surface area contributed by atoms with Gasteiger partial charge < -0.3 is 4.74 Å². The van der Waals surface area contributed by atoms with Crippen LogP contribution in [0, 0.1) is 0 Å². The Morgan fingerprint density at radius 3 is 2.75 bits per heavy atom. The number of aromatic nitrogens is 2. The van der Waals surface area contributed by atoms with Crippen LogP contribution in [0.1, 0.15) is 5.56 Å². The van der Waals surface area contributed by atoms with Gasteiger partial charge >= 0.3 is 0 Å². The smallest absolute Gasteiger partial charge is 0.174 e. The first-order chi connectivity index (χ1) is 7.88. The van der Waals surface area contributed by atoms with E-state index in [1.54, 1.807) is 35.7 Å². The minimum absolute atomic E-state index is 0.903. The molecule has 0 aliphatic rings. The minimum Gasteiger partial charge on any atom is -0.497 e. The largest absolute Gasteiger partial charge is 0.497 e. The van der Waals surface area contributed by atoms with Crippen LogP contribution in [-0.4, -0.2) is 23.1 Å². The lowest BCUT2D eigenvalue weighted by molar-refractivity contribution is 0.414. The van der Waals surface area contributed by atoms with Gasteiger partial charge in [0.1, 0.15) is 11.3 Å². The highest BCUT2D eigenvalue weighted by Crippen LogP contribution is 2.20. The van der Waals surface area contributed by atoms with E-state index in [4.69, 9.17) is 4.74 Å². The number of ether oxygens (including phenoxy) is 1. The average Bonchev–Trinajstić information content (AvgIpc) is 2.83. The van der Waals surface area contributed by atoms with Crippen molar-refractivity contribution in [2.24, 2.45) is 0 Å². The first kappa shape index (κ1) is 11.4. The van der Waals surface area contributed by atoms with E-state index in [0.717, 1.165) is 22.3 Å². The molecule has 0 bridgehead atoms. The first-order valence-corrected chi connectivity index (χ1v) is 6.77. The van der Waals surface area contributed by atoms with Crippen molar-refractivity contribution in [1.82, 2.24) is 10.2 Å². The maximum Gasteiger partial charge on any atom is 0.174 e. The fourth-order valence-corrected chi connectivity index (χ4v) is 2.82. The van der Waals surface area contributed by atoms with Gasteiger partial charge in [-0.15, -0.1) is 10.2 Å². The van der Waals surface area contributed by atoms with Gasteiger partial charge in [0.05, 0.1) is 7.11 Å². The monoisotopic (exact) mass is 252 g/mol. The zero-order chi connectivity index (χ0) is 11.2. The van der Waals surface area contributed by atoms with E-state index >= 15 is 0 Å². The van der Waals surface area contributed by atoms with E-state index in [0.29, 0.717) is 0 Å². The lowest BCUT2D eigenvalue weighted by Gasteiger charge is -2.02. The number of aryl methyl sites for hydroxylation is 1. The second-order valence-corrected chi connectivity index (χ2v) is 5.33. The molecule has 0 saturated heterocycles. The quantitative estimate of drug-likeness (QED) is 0.766. The Morgan fingerprint density at radius 1 is 1.31 bits per heavy atom. The highest BCUT2D eigenvalue weighted by molar-refractivity contribution is 8.00. The van der Waals surface area contributed by atoms with Gasteiger partial charge in [-0.3, -0.25) is 0 Å². The van der Waals surface area contributed by atoms with Crippen LogP contribution in [0.4, 0.5) is 0 Å². The molecule has 5 heteroatoms. The van der Waals surface area contributed by atoms with Crippen LogP contribution in [-0.2, 0) is 6.42 Å². The lowest BCUT2D eigenvalue weighted by Crippen LogP contribution is -1.89. The Labute approximate surface area is 103 Å². The molecular formula is C11H12N2OS2. The standard InChI is InChI=1S/C11H12N2OS2/c1-14-10-4-2-9(3-5-10)6-7-15-11-13-12-8-16-11/h2-5,8H,6-7H2,1H3. The lowest BCUT2D eigenvalue weighted by atomic mass is 10.2. The molecule has 0 aliphatic carbocycles. The predicted octanol–water partition coefficient (Wildman–Crippen LogP) is 2.88. The van der Waals surface area contributed by atoms with Crippen LogP contribution < -0.4 is 4.74 Å². The Balaban J connectivity index is 1.81. The first-order valence-electron chi connectivity index (χ1n) is 4.90. The molecule has 0 radical (unpaired) electrons. The Bertz CT molecular complexity index is 414. The summed E-state index contributed by atoms with van der Waals surface area (Å²) in [6, 6.07) is 8.18. The second kappa shape index (κ2) is 5.86. The summed E-state index contributed by atoms with van der Waals surface area (Å²) in [6.45, 7) is 0. The molecule has 0 amide bonds. The third kappa shape index (κ3) is 3.21. The van der Waals surface area contributed by atoms with Crippen molar-refractivity contribution < 1.29 is 4.74 Å². The summed E-state index contributed by atoms with van der Waals surface area (Å²) in [5.74, 6) is 1.93.